The van der Waals surface area contributed by atoms with Crippen molar-refractivity contribution in [2.24, 2.45) is 5.41 Å². The predicted octanol–water partition coefficient (Wildman–Crippen LogP) is 1.29. The van der Waals surface area contributed by atoms with E-state index in [1.807, 2.05) is 20.8 Å². The normalized spacial score (nSPS) is 23.2. The highest BCUT2D eigenvalue weighted by Crippen LogP contribution is 2.13. The van der Waals surface area contributed by atoms with E-state index in [1.165, 1.54) is 19.3 Å². The van der Waals surface area contributed by atoms with Crippen LogP contribution in [0.1, 0.15) is 40.0 Å². The van der Waals surface area contributed by atoms with Gasteiger partial charge in [-0.2, -0.15) is 0 Å². The fourth-order valence-electron chi connectivity index (χ4n) is 1.58. The molecule has 1 aliphatic rings. The fraction of sp³-hybridized carbons (Fsp3) is 0.909. The molecule has 1 amide bonds. The molecule has 0 aromatic carbocycles. The number of carbonyl (C=O) groups is 1. The SMILES string of the molecule is CC(C)(C)C(=O)NC[C@H]1CCCCN1. The van der Waals surface area contributed by atoms with Crippen LogP contribution in [0.2, 0.25) is 0 Å². The Hall–Kier alpha value is -0.570. The first-order valence-electron chi connectivity index (χ1n) is 5.52. The highest BCUT2D eigenvalue weighted by molar-refractivity contribution is 5.81. The van der Waals surface area contributed by atoms with Gasteiger partial charge in [-0.1, -0.05) is 27.2 Å². The summed E-state index contributed by atoms with van der Waals surface area (Å²) >= 11 is 0. The summed E-state index contributed by atoms with van der Waals surface area (Å²) < 4.78 is 0. The second-order valence-corrected chi connectivity index (χ2v) is 5.11. The third-order valence-electron chi connectivity index (χ3n) is 2.60. The minimum absolute atomic E-state index is 0.143. The molecule has 1 aliphatic heterocycles. The number of hydrogen-bond donors (Lipinski definition) is 2. The molecule has 0 bridgehead atoms. The van der Waals surface area contributed by atoms with Crippen LogP contribution in [0.5, 0.6) is 0 Å². The summed E-state index contributed by atoms with van der Waals surface area (Å²) in [6.45, 7) is 7.69. The molecule has 14 heavy (non-hydrogen) atoms. The van der Waals surface area contributed by atoms with Gasteiger partial charge in [-0.05, 0) is 19.4 Å². The molecular formula is C11H22N2O. The van der Waals surface area contributed by atoms with Crippen molar-refractivity contribution in [2.75, 3.05) is 13.1 Å². The van der Waals surface area contributed by atoms with Gasteiger partial charge in [0.2, 0.25) is 5.91 Å². The van der Waals surface area contributed by atoms with Crippen molar-refractivity contribution in [1.29, 1.82) is 0 Å². The zero-order valence-electron chi connectivity index (χ0n) is 9.52. The fourth-order valence-corrected chi connectivity index (χ4v) is 1.58. The first-order valence-corrected chi connectivity index (χ1v) is 5.52. The summed E-state index contributed by atoms with van der Waals surface area (Å²) in [6.07, 6.45) is 3.73. The van der Waals surface area contributed by atoms with Crippen molar-refractivity contribution in [2.45, 2.75) is 46.1 Å². The van der Waals surface area contributed by atoms with Crippen molar-refractivity contribution in [3.05, 3.63) is 0 Å². The van der Waals surface area contributed by atoms with Gasteiger partial charge >= 0.3 is 0 Å². The number of nitrogens with one attached hydrogen (secondary N) is 2. The maximum atomic E-state index is 11.6. The molecular weight excluding hydrogens is 176 g/mol. The summed E-state index contributed by atoms with van der Waals surface area (Å²) in [6, 6.07) is 0.482. The van der Waals surface area contributed by atoms with E-state index in [1.54, 1.807) is 0 Å². The second-order valence-electron chi connectivity index (χ2n) is 5.11. The van der Waals surface area contributed by atoms with Crippen LogP contribution in [0.3, 0.4) is 0 Å². The Bertz CT molecular complexity index is 190. The Kier molecular flexibility index (Phi) is 3.93. The Morgan fingerprint density at radius 3 is 2.64 bits per heavy atom. The van der Waals surface area contributed by atoms with Crippen LogP contribution in [-0.4, -0.2) is 25.0 Å². The van der Waals surface area contributed by atoms with E-state index in [0.29, 0.717) is 6.04 Å². The van der Waals surface area contributed by atoms with Crippen molar-refractivity contribution in [3.63, 3.8) is 0 Å². The summed E-state index contributed by atoms with van der Waals surface area (Å²) in [5.74, 6) is 0.143. The molecule has 0 radical (unpaired) electrons. The van der Waals surface area contributed by atoms with Crippen LogP contribution in [0.25, 0.3) is 0 Å². The monoisotopic (exact) mass is 198 g/mol. The van der Waals surface area contributed by atoms with E-state index >= 15 is 0 Å². The van der Waals surface area contributed by atoms with Gasteiger partial charge in [0, 0.05) is 18.0 Å². The lowest BCUT2D eigenvalue weighted by Crippen LogP contribution is -2.46. The predicted molar refractivity (Wildman–Crippen MR) is 58.1 cm³/mol. The van der Waals surface area contributed by atoms with Gasteiger partial charge in [0.25, 0.3) is 0 Å². The van der Waals surface area contributed by atoms with Gasteiger partial charge in [0.05, 0.1) is 0 Å². The molecule has 1 saturated heterocycles. The van der Waals surface area contributed by atoms with Crippen LogP contribution in [0, 0.1) is 5.41 Å². The van der Waals surface area contributed by atoms with Gasteiger partial charge in [-0.15, -0.1) is 0 Å². The quantitative estimate of drug-likeness (QED) is 0.702. The number of hydrogen-bond acceptors (Lipinski definition) is 2. The first-order chi connectivity index (χ1) is 6.50. The molecule has 2 N–H and O–H groups in total. The molecule has 3 nitrogen and oxygen atoms in total. The molecule has 0 saturated carbocycles. The molecule has 1 atom stereocenters. The van der Waals surface area contributed by atoms with E-state index in [2.05, 4.69) is 10.6 Å². The van der Waals surface area contributed by atoms with Crippen molar-refractivity contribution >= 4 is 5.91 Å². The molecule has 0 aliphatic carbocycles. The summed E-state index contributed by atoms with van der Waals surface area (Å²) in [5.41, 5.74) is -0.269. The minimum atomic E-state index is -0.269. The Labute approximate surface area is 86.6 Å². The summed E-state index contributed by atoms with van der Waals surface area (Å²) in [7, 11) is 0. The number of carbonyl (C=O) groups excluding carboxylic acids is 1. The number of piperidine rings is 1. The highest BCUT2D eigenvalue weighted by Gasteiger charge is 2.22. The average molecular weight is 198 g/mol. The highest BCUT2D eigenvalue weighted by atomic mass is 16.2. The molecule has 0 aromatic rings. The lowest BCUT2D eigenvalue weighted by atomic mass is 9.95. The van der Waals surface area contributed by atoms with E-state index in [4.69, 9.17) is 0 Å². The zero-order chi connectivity index (χ0) is 10.6. The van der Waals surface area contributed by atoms with E-state index < -0.39 is 0 Å². The van der Waals surface area contributed by atoms with Crippen LogP contribution >= 0.6 is 0 Å². The van der Waals surface area contributed by atoms with Gasteiger partial charge in [-0.25, -0.2) is 0 Å². The van der Waals surface area contributed by atoms with E-state index in [0.717, 1.165) is 13.1 Å². The molecule has 0 spiro atoms. The van der Waals surface area contributed by atoms with E-state index in [-0.39, 0.29) is 11.3 Å². The maximum Gasteiger partial charge on any atom is 0.225 e. The topological polar surface area (TPSA) is 41.1 Å². The van der Waals surface area contributed by atoms with Gasteiger partial charge in [0.1, 0.15) is 0 Å². The first kappa shape index (κ1) is 11.5. The minimum Gasteiger partial charge on any atom is -0.354 e. The third-order valence-corrected chi connectivity index (χ3v) is 2.60. The number of amides is 1. The van der Waals surface area contributed by atoms with Crippen LogP contribution in [-0.2, 0) is 4.79 Å². The molecule has 82 valence electrons. The van der Waals surface area contributed by atoms with Crippen molar-refractivity contribution in [1.82, 2.24) is 10.6 Å². The lowest BCUT2D eigenvalue weighted by Gasteiger charge is -2.25. The molecule has 0 aromatic heterocycles. The third kappa shape index (κ3) is 3.66. The zero-order valence-corrected chi connectivity index (χ0v) is 9.52. The Balaban J connectivity index is 2.22. The lowest BCUT2D eigenvalue weighted by molar-refractivity contribution is -0.128. The number of rotatable bonds is 2. The smallest absolute Gasteiger partial charge is 0.225 e. The molecule has 1 rings (SSSR count). The van der Waals surface area contributed by atoms with Crippen molar-refractivity contribution in [3.8, 4) is 0 Å². The average Bonchev–Trinajstić information content (AvgIpc) is 2.14. The van der Waals surface area contributed by atoms with Gasteiger partial charge in [-0.3, -0.25) is 4.79 Å². The van der Waals surface area contributed by atoms with Crippen molar-refractivity contribution < 1.29 is 4.79 Å². The Morgan fingerprint density at radius 1 is 1.43 bits per heavy atom. The van der Waals surface area contributed by atoms with Gasteiger partial charge in [0.15, 0.2) is 0 Å². The molecule has 0 unspecified atom stereocenters. The molecule has 1 fully saturated rings. The molecule has 1 heterocycles. The van der Waals surface area contributed by atoms with Gasteiger partial charge < -0.3 is 10.6 Å². The van der Waals surface area contributed by atoms with Crippen LogP contribution in [0.4, 0.5) is 0 Å². The van der Waals surface area contributed by atoms with Crippen LogP contribution < -0.4 is 10.6 Å². The Morgan fingerprint density at radius 2 is 2.14 bits per heavy atom. The standard InChI is InChI=1S/C11H22N2O/c1-11(2,3)10(14)13-8-9-6-4-5-7-12-9/h9,12H,4-8H2,1-3H3,(H,13,14)/t9-/m1/s1. The summed E-state index contributed by atoms with van der Waals surface area (Å²) in [5, 5.41) is 6.40. The largest absolute Gasteiger partial charge is 0.354 e. The summed E-state index contributed by atoms with van der Waals surface area (Å²) in [4.78, 5) is 11.6. The second kappa shape index (κ2) is 4.78. The van der Waals surface area contributed by atoms with Crippen LogP contribution in [0.15, 0.2) is 0 Å². The maximum absolute atomic E-state index is 11.6. The van der Waals surface area contributed by atoms with E-state index in [9.17, 15) is 4.79 Å². The molecule has 3 heteroatoms.